The molecular formula is C63H113N5. The van der Waals surface area contributed by atoms with Gasteiger partial charge >= 0.3 is 0 Å². The Labute approximate surface area is 425 Å². The van der Waals surface area contributed by atoms with Gasteiger partial charge in [0.15, 0.2) is 0 Å². The Morgan fingerprint density at radius 3 is 1.44 bits per heavy atom. The third-order valence-corrected chi connectivity index (χ3v) is 15.9. The molecule has 0 radical (unpaired) electrons. The van der Waals surface area contributed by atoms with E-state index in [-0.39, 0.29) is 14.9 Å². The summed E-state index contributed by atoms with van der Waals surface area (Å²) in [6, 6.07) is 24.6. The van der Waals surface area contributed by atoms with Crippen molar-refractivity contribution in [1.82, 2.24) is 19.6 Å². The summed E-state index contributed by atoms with van der Waals surface area (Å²) >= 11 is 0. The Morgan fingerprint density at radius 2 is 1.01 bits per heavy atom. The lowest BCUT2D eigenvalue weighted by Gasteiger charge is -2.34. The Hall–Kier alpha value is -2.60. The molecule has 5 heterocycles. The van der Waals surface area contributed by atoms with E-state index in [1.165, 1.54) is 67.5 Å². The van der Waals surface area contributed by atoms with E-state index in [9.17, 15) is 0 Å². The average Bonchev–Trinajstić information content (AvgIpc) is 3.82. The van der Waals surface area contributed by atoms with Gasteiger partial charge in [-0.2, -0.15) is 0 Å². The van der Waals surface area contributed by atoms with E-state index in [0.29, 0.717) is 42.2 Å². The highest BCUT2D eigenvalue weighted by Gasteiger charge is 2.52. The molecule has 5 atom stereocenters. The monoisotopic (exact) mass is 940 g/mol. The molecule has 1 aliphatic carbocycles. The zero-order chi connectivity index (χ0) is 49.4. The van der Waals surface area contributed by atoms with Crippen LogP contribution in [0.3, 0.4) is 0 Å². The van der Waals surface area contributed by atoms with Crippen molar-refractivity contribution >= 4 is 5.69 Å². The van der Waals surface area contributed by atoms with Crippen LogP contribution in [0.1, 0.15) is 208 Å². The quantitative estimate of drug-likeness (QED) is 0.220. The van der Waals surface area contributed by atoms with Crippen LogP contribution in [0.15, 0.2) is 73.0 Å². The van der Waals surface area contributed by atoms with Crippen LogP contribution in [0.5, 0.6) is 0 Å². The van der Waals surface area contributed by atoms with Gasteiger partial charge in [-0.1, -0.05) is 145 Å². The van der Waals surface area contributed by atoms with Crippen molar-refractivity contribution in [3.8, 4) is 0 Å². The Kier molecular flexibility index (Phi) is 24.7. The third-order valence-electron chi connectivity index (χ3n) is 15.9. The second kappa shape index (κ2) is 27.3. The highest BCUT2D eigenvalue weighted by molar-refractivity contribution is 5.60. The molecule has 0 amide bonds. The number of para-hydroxylation sites is 1. The van der Waals surface area contributed by atoms with Gasteiger partial charge in [-0.25, -0.2) is 0 Å². The Morgan fingerprint density at radius 1 is 0.500 bits per heavy atom. The van der Waals surface area contributed by atoms with Gasteiger partial charge < -0.3 is 9.80 Å². The minimum absolute atomic E-state index is 0. The number of fused-ring (bicyclic) bond motifs is 2. The molecule has 0 N–H and O–H groups in total. The van der Waals surface area contributed by atoms with Gasteiger partial charge in [0.05, 0.1) is 0 Å². The molecule has 5 nitrogen and oxygen atoms in total. The van der Waals surface area contributed by atoms with Gasteiger partial charge in [-0.15, -0.1) is 0 Å². The molecule has 0 unspecified atom stereocenters. The molecule has 8 rings (SSSR count). The lowest BCUT2D eigenvalue weighted by atomic mass is 9.95. The van der Waals surface area contributed by atoms with E-state index in [1.54, 1.807) is 5.56 Å². The number of hydrogen-bond acceptors (Lipinski definition) is 5. The van der Waals surface area contributed by atoms with Crippen LogP contribution in [-0.2, 0) is 13.0 Å². The van der Waals surface area contributed by atoms with E-state index in [2.05, 4.69) is 230 Å². The lowest BCUT2D eigenvalue weighted by Crippen LogP contribution is -2.40. The summed E-state index contributed by atoms with van der Waals surface area (Å²) < 4.78 is 0. The number of nitrogens with zero attached hydrogens (tertiary/aromatic N) is 5. The average molecular weight is 941 g/mol. The summed E-state index contributed by atoms with van der Waals surface area (Å²) in [7, 11) is 0. The van der Waals surface area contributed by atoms with Gasteiger partial charge in [0.2, 0.25) is 0 Å². The molecular weight excluding hydrogens is 827 g/mol. The van der Waals surface area contributed by atoms with Gasteiger partial charge in [-0.3, -0.25) is 14.7 Å². The van der Waals surface area contributed by atoms with E-state index < -0.39 is 0 Å². The van der Waals surface area contributed by atoms with E-state index in [4.69, 9.17) is 0 Å². The maximum atomic E-state index is 4.08. The smallest absolute Gasteiger partial charge is 0.0404 e. The summed E-state index contributed by atoms with van der Waals surface area (Å²) in [5, 5.41) is 0. The molecule has 0 bridgehead atoms. The molecule has 0 aromatic heterocycles. The summed E-state index contributed by atoms with van der Waals surface area (Å²) in [4.78, 5) is 12.9. The molecule has 1 spiro atoms. The van der Waals surface area contributed by atoms with Crippen LogP contribution in [0.25, 0.3) is 0 Å². The number of hydrogen-bond donors (Lipinski definition) is 0. The Balaban J connectivity index is 0.000000291. The van der Waals surface area contributed by atoms with Gasteiger partial charge in [0.1, 0.15) is 0 Å². The zero-order valence-corrected chi connectivity index (χ0v) is 46.7. The maximum absolute atomic E-state index is 4.08. The number of benzene rings is 2. The second-order valence-corrected chi connectivity index (χ2v) is 24.6. The van der Waals surface area contributed by atoms with Crippen LogP contribution in [0.4, 0.5) is 5.69 Å². The van der Waals surface area contributed by atoms with Gasteiger partial charge in [0.25, 0.3) is 0 Å². The summed E-state index contributed by atoms with van der Waals surface area (Å²) in [5.74, 6) is 3.78. The number of likely N-dealkylation sites (tertiary alicyclic amines) is 2. The number of anilines is 1. The largest absolute Gasteiger partial charge is 0.372 e. The molecule has 1 saturated carbocycles. The summed E-state index contributed by atoms with van der Waals surface area (Å²) in [6.45, 7) is 53.9. The van der Waals surface area contributed by atoms with Crippen molar-refractivity contribution < 1.29 is 0 Å². The molecule has 6 aliphatic rings. The van der Waals surface area contributed by atoms with Crippen LogP contribution in [0, 0.1) is 35.0 Å². The first-order valence-electron chi connectivity index (χ1n) is 27.2. The van der Waals surface area contributed by atoms with Gasteiger partial charge in [-0.05, 0) is 172 Å². The molecule has 5 aliphatic heterocycles. The van der Waals surface area contributed by atoms with Crippen LogP contribution < -0.4 is 4.90 Å². The van der Waals surface area contributed by atoms with Crippen LogP contribution in [0.2, 0.25) is 0 Å². The van der Waals surface area contributed by atoms with E-state index in [1.807, 2.05) is 0 Å². The fraction of sp³-hybridized carbons (Fsp3) is 0.746. The first kappa shape index (κ1) is 61.5. The number of rotatable bonds is 10. The molecule has 68 heavy (non-hydrogen) atoms. The molecule has 2 saturated heterocycles. The predicted molar refractivity (Wildman–Crippen MR) is 305 cm³/mol. The summed E-state index contributed by atoms with van der Waals surface area (Å²) in [5.41, 5.74) is 8.21. The third kappa shape index (κ3) is 16.0. The van der Waals surface area contributed by atoms with Gasteiger partial charge in [0, 0.05) is 85.7 Å². The highest BCUT2D eigenvalue weighted by Crippen LogP contribution is 2.56. The van der Waals surface area contributed by atoms with Crippen LogP contribution in [-0.4, -0.2) is 87.1 Å². The maximum Gasteiger partial charge on any atom is 0.0404 e. The van der Waals surface area contributed by atoms with Crippen molar-refractivity contribution in [2.45, 2.75) is 259 Å². The SMILES string of the molecule is C.C.C=C1C[C@@H](C(C)C)N(C(C)C)C1.CC(C)[C@@H]1CC2(CC2)CN1C(C)C.CC(C)[C@@H]1CC=CN1C(C)C.CC(C)[C@@H]1Cc2ccccc2N1C(C)C.CC(C)[C@@H]1c2ccccc2CN1C(C)C. The normalized spacial score (nSPS) is 23.9. The fourth-order valence-corrected chi connectivity index (χ4v) is 12.0. The van der Waals surface area contributed by atoms with E-state index in [0.717, 1.165) is 66.3 Å². The van der Waals surface area contributed by atoms with E-state index >= 15 is 0 Å². The molecule has 390 valence electrons. The Bertz CT molecular complexity index is 1670. The van der Waals surface area contributed by atoms with Crippen molar-refractivity contribution in [1.29, 1.82) is 0 Å². The first-order valence-corrected chi connectivity index (χ1v) is 27.2. The van der Waals surface area contributed by atoms with Crippen molar-refractivity contribution in [2.75, 3.05) is 18.0 Å². The standard InChI is InChI=1S/2C14H21N.C12H23N.C11H21N.C10H19N.2CH4/c1-10(2)14-13-8-6-5-7-12(13)9-15(14)11(3)4;1-10(2)14-9-12-7-5-6-8-13(12)15(14)11(3)4;1-9(2)11-7-12(5-6-12)8-13(11)10(3)4;1-8(2)11-6-10(5)7-12(11)9(3)4;1-8(2)10-6-5-7-11(10)9(3)4;;/h2*5-8,10-11,14H,9H2,1-4H3;9-11H,5-8H2,1-4H3;8-9,11H,5-7H2,1-4H3;5,7-10H,6H2,1-4H3;2*1H4/t2*14-;2*11-;10-;;/m10000../s1. The minimum atomic E-state index is 0. The predicted octanol–water partition coefficient (Wildman–Crippen LogP) is 16.6. The minimum Gasteiger partial charge on any atom is -0.372 e. The first-order chi connectivity index (χ1) is 30.9. The van der Waals surface area contributed by atoms with Crippen LogP contribution >= 0.6 is 0 Å². The second-order valence-electron chi connectivity index (χ2n) is 24.6. The zero-order valence-electron chi connectivity index (χ0n) is 46.7. The highest BCUT2D eigenvalue weighted by atomic mass is 15.2. The fourth-order valence-electron chi connectivity index (χ4n) is 12.0. The molecule has 2 aromatic carbocycles. The summed E-state index contributed by atoms with van der Waals surface area (Å²) in [6.07, 6.45) is 12.7. The topological polar surface area (TPSA) is 16.2 Å². The molecule has 3 fully saturated rings. The molecule has 2 aromatic rings. The lowest BCUT2D eigenvalue weighted by molar-refractivity contribution is 0.132. The molecule has 5 heteroatoms. The van der Waals surface area contributed by atoms with Crippen molar-refractivity contribution in [3.05, 3.63) is 89.6 Å². The van der Waals surface area contributed by atoms with Crippen molar-refractivity contribution in [2.24, 2.45) is 35.0 Å². The van der Waals surface area contributed by atoms with Crippen molar-refractivity contribution in [3.63, 3.8) is 0 Å².